The van der Waals surface area contributed by atoms with Gasteiger partial charge in [-0.05, 0) is 44.9 Å². The van der Waals surface area contributed by atoms with Crippen molar-refractivity contribution in [3.63, 3.8) is 0 Å². The molecule has 0 aliphatic rings. The minimum absolute atomic E-state index is 0.0662. The predicted octanol–water partition coefficient (Wildman–Crippen LogP) is 1.92. The van der Waals surface area contributed by atoms with Crippen molar-refractivity contribution in [3.8, 4) is 11.5 Å². The van der Waals surface area contributed by atoms with Gasteiger partial charge in [0.05, 0.1) is 19.8 Å². The lowest BCUT2D eigenvalue weighted by molar-refractivity contribution is -0.144. The Morgan fingerprint density at radius 3 is 2.55 bits per heavy atom. The molecule has 0 aliphatic carbocycles. The second-order valence-electron chi connectivity index (χ2n) is 4.71. The molecule has 112 valence electrons. The molecular weight excluding hydrogens is 258 g/mol. The van der Waals surface area contributed by atoms with Gasteiger partial charge < -0.3 is 19.9 Å². The van der Waals surface area contributed by atoms with Crippen LogP contribution in [-0.2, 0) is 16.0 Å². The first-order valence-corrected chi connectivity index (χ1v) is 6.73. The van der Waals surface area contributed by atoms with Crippen LogP contribution in [0.25, 0.3) is 0 Å². The summed E-state index contributed by atoms with van der Waals surface area (Å²) in [4.78, 5) is 11.5. The first kappa shape index (κ1) is 16.3. The largest absolute Gasteiger partial charge is 0.493 e. The molecule has 1 aromatic rings. The first-order chi connectivity index (χ1) is 9.47. The molecule has 5 heteroatoms. The van der Waals surface area contributed by atoms with Crippen LogP contribution in [0.4, 0.5) is 0 Å². The van der Waals surface area contributed by atoms with Crippen molar-refractivity contribution < 1.29 is 19.0 Å². The summed E-state index contributed by atoms with van der Waals surface area (Å²) in [6, 6.07) is 4.86. The van der Waals surface area contributed by atoms with Gasteiger partial charge in [0, 0.05) is 0 Å². The van der Waals surface area contributed by atoms with Gasteiger partial charge in [-0.25, -0.2) is 0 Å². The van der Waals surface area contributed by atoms with Crippen LogP contribution >= 0.6 is 0 Å². The summed E-state index contributed by atoms with van der Waals surface area (Å²) in [6.45, 7) is 5.98. The van der Waals surface area contributed by atoms with Crippen LogP contribution in [0.5, 0.6) is 11.5 Å². The summed E-state index contributed by atoms with van der Waals surface area (Å²) in [5.41, 5.74) is 6.70. The molecule has 0 bridgehead atoms. The molecule has 1 rings (SSSR count). The third-order valence-corrected chi connectivity index (χ3v) is 2.64. The Balaban J connectivity index is 2.79. The van der Waals surface area contributed by atoms with E-state index in [0.29, 0.717) is 24.5 Å². The van der Waals surface area contributed by atoms with Crippen LogP contribution in [-0.4, -0.2) is 31.8 Å². The molecule has 0 saturated heterocycles. The van der Waals surface area contributed by atoms with E-state index < -0.39 is 12.0 Å². The van der Waals surface area contributed by atoms with E-state index in [1.165, 1.54) is 0 Å². The molecule has 0 aromatic heterocycles. The van der Waals surface area contributed by atoms with Crippen LogP contribution in [0.15, 0.2) is 18.2 Å². The Morgan fingerprint density at radius 1 is 1.30 bits per heavy atom. The molecule has 0 spiro atoms. The van der Waals surface area contributed by atoms with Crippen LogP contribution in [0.1, 0.15) is 26.3 Å². The van der Waals surface area contributed by atoms with Gasteiger partial charge in [-0.1, -0.05) is 6.07 Å². The second-order valence-corrected chi connectivity index (χ2v) is 4.71. The van der Waals surface area contributed by atoms with E-state index in [1.54, 1.807) is 14.0 Å². The van der Waals surface area contributed by atoms with E-state index in [2.05, 4.69) is 0 Å². The molecule has 20 heavy (non-hydrogen) atoms. The minimum Gasteiger partial charge on any atom is -0.493 e. The molecule has 1 atom stereocenters. The van der Waals surface area contributed by atoms with E-state index >= 15 is 0 Å². The van der Waals surface area contributed by atoms with Crippen molar-refractivity contribution >= 4 is 5.97 Å². The third-order valence-electron chi connectivity index (χ3n) is 2.64. The summed E-state index contributed by atoms with van der Waals surface area (Å²) in [5.74, 6) is 0.914. The molecule has 5 nitrogen and oxygen atoms in total. The number of carbonyl (C=O) groups is 1. The Kier molecular flexibility index (Phi) is 6.31. The average Bonchev–Trinajstić information content (AvgIpc) is 2.40. The highest BCUT2D eigenvalue weighted by atomic mass is 16.5. The van der Waals surface area contributed by atoms with Crippen LogP contribution in [0, 0.1) is 0 Å². The number of benzene rings is 1. The number of hydrogen-bond acceptors (Lipinski definition) is 5. The molecule has 0 saturated carbocycles. The molecular formula is C15H23NO4. The Labute approximate surface area is 120 Å². The number of nitrogens with two attached hydrogens (primary N) is 1. The number of ether oxygens (including phenoxy) is 3. The number of hydrogen-bond donors (Lipinski definition) is 1. The van der Waals surface area contributed by atoms with Gasteiger partial charge in [0.1, 0.15) is 6.04 Å². The molecule has 1 aromatic carbocycles. The highest BCUT2D eigenvalue weighted by Gasteiger charge is 2.16. The zero-order chi connectivity index (χ0) is 15.1. The lowest BCUT2D eigenvalue weighted by atomic mass is 10.1. The number of methoxy groups -OCH3 is 1. The van der Waals surface area contributed by atoms with Crippen molar-refractivity contribution in [3.05, 3.63) is 23.8 Å². The maximum absolute atomic E-state index is 11.5. The van der Waals surface area contributed by atoms with Crippen LogP contribution in [0.3, 0.4) is 0 Å². The van der Waals surface area contributed by atoms with Crippen molar-refractivity contribution in [1.29, 1.82) is 0 Å². The molecule has 0 aliphatic heterocycles. The second kappa shape index (κ2) is 7.75. The topological polar surface area (TPSA) is 70.8 Å². The zero-order valence-corrected chi connectivity index (χ0v) is 12.5. The maximum Gasteiger partial charge on any atom is 0.323 e. The fourth-order valence-electron chi connectivity index (χ4n) is 1.78. The Hall–Kier alpha value is -1.75. The third kappa shape index (κ3) is 4.74. The minimum atomic E-state index is -0.670. The van der Waals surface area contributed by atoms with Crippen LogP contribution in [0.2, 0.25) is 0 Å². The average molecular weight is 281 g/mol. The van der Waals surface area contributed by atoms with Gasteiger partial charge >= 0.3 is 5.97 Å². The van der Waals surface area contributed by atoms with Gasteiger partial charge in [0.2, 0.25) is 0 Å². The quantitative estimate of drug-likeness (QED) is 0.773. The molecule has 0 heterocycles. The molecule has 0 amide bonds. The molecule has 1 unspecified atom stereocenters. The lowest BCUT2D eigenvalue weighted by Crippen LogP contribution is -2.34. The van der Waals surface area contributed by atoms with Gasteiger partial charge in [-0.2, -0.15) is 0 Å². The number of rotatable bonds is 7. The predicted molar refractivity (Wildman–Crippen MR) is 77.1 cm³/mol. The molecule has 0 fully saturated rings. The zero-order valence-electron chi connectivity index (χ0n) is 12.5. The monoisotopic (exact) mass is 281 g/mol. The summed E-state index contributed by atoms with van der Waals surface area (Å²) in [7, 11) is 1.58. The fourth-order valence-corrected chi connectivity index (χ4v) is 1.78. The summed E-state index contributed by atoms with van der Waals surface area (Å²) in [6.07, 6.45) is 0.466. The summed E-state index contributed by atoms with van der Waals surface area (Å²) in [5, 5.41) is 0. The molecule has 0 radical (unpaired) electrons. The van der Waals surface area contributed by atoms with Crippen molar-refractivity contribution in [1.82, 2.24) is 0 Å². The Morgan fingerprint density at radius 2 is 2.00 bits per heavy atom. The van der Waals surface area contributed by atoms with Gasteiger partial charge in [0.15, 0.2) is 11.5 Å². The van der Waals surface area contributed by atoms with Gasteiger partial charge in [0.25, 0.3) is 0 Å². The first-order valence-electron chi connectivity index (χ1n) is 6.73. The van der Waals surface area contributed by atoms with Crippen molar-refractivity contribution in [2.75, 3.05) is 13.7 Å². The van der Waals surface area contributed by atoms with Crippen molar-refractivity contribution in [2.45, 2.75) is 39.3 Å². The Bertz CT molecular complexity index is 445. The number of esters is 1. The SMILES string of the molecule is CCOC(=O)C(N)Cc1ccc(OC(C)C)c(OC)c1. The smallest absolute Gasteiger partial charge is 0.323 e. The number of carbonyl (C=O) groups excluding carboxylic acids is 1. The van der Waals surface area contributed by atoms with Gasteiger partial charge in [-0.3, -0.25) is 4.79 Å². The summed E-state index contributed by atoms with van der Waals surface area (Å²) < 4.78 is 15.8. The maximum atomic E-state index is 11.5. The highest BCUT2D eigenvalue weighted by molar-refractivity contribution is 5.75. The lowest BCUT2D eigenvalue weighted by Gasteiger charge is -2.15. The van der Waals surface area contributed by atoms with E-state index in [1.807, 2.05) is 32.0 Å². The van der Waals surface area contributed by atoms with E-state index in [4.69, 9.17) is 19.9 Å². The van der Waals surface area contributed by atoms with Crippen LogP contribution < -0.4 is 15.2 Å². The molecule has 2 N–H and O–H groups in total. The normalized spacial score (nSPS) is 12.1. The fraction of sp³-hybridized carbons (Fsp3) is 0.533. The standard InChI is InChI=1S/C15H23NO4/c1-5-19-15(17)12(16)8-11-6-7-13(20-10(2)3)14(9-11)18-4/h6-7,9-10,12H,5,8,16H2,1-4H3. The van der Waals surface area contributed by atoms with E-state index in [-0.39, 0.29) is 6.10 Å². The highest BCUT2D eigenvalue weighted by Crippen LogP contribution is 2.29. The van der Waals surface area contributed by atoms with Gasteiger partial charge in [-0.15, -0.1) is 0 Å². The summed E-state index contributed by atoms with van der Waals surface area (Å²) >= 11 is 0. The van der Waals surface area contributed by atoms with E-state index in [0.717, 1.165) is 5.56 Å². The van der Waals surface area contributed by atoms with Crippen molar-refractivity contribution in [2.24, 2.45) is 5.73 Å². The van der Waals surface area contributed by atoms with E-state index in [9.17, 15) is 4.79 Å².